The van der Waals surface area contributed by atoms with Gasteiger partial charge in [0.15, 0.2) is 11.5 Å². The zero-order valence-corrected chi connectivity index (χ0v) is 16.5. The molecular formula is C22H26N2O4. The molecule has 4 rings (SSSR count). The molecule has 2 heterocycles. The second-order valence-electron chi connectivity index (χ2n) is 7.23. The maximum absolute atomic E-state index is 10.3. The Hall–Kier alpha value is -2.60. The monoisotopic (exact) mass is 382 g/mol. The van der Waals surface area contributed by atoms with E-state index in [1.165, 1.54) is 0 Å². The van der Waals surface area contributed by atoms with Gasteiger partial charge >= 0.3 is 0 Å². The van der Waals surface area contributed by atoms with Crippen LogP contribution in [-0.2, 0) is 0 Å². The molecule has 148 valence electrons. The van der Waals surface area contributed by atoms with E-state index >= 15 is 0 Å². The molecule has 1 saturated carbocycles. The van der Waals surface area contributed by atoms with Gasteiger partial charge in [-0.05, 0) is 49.9 Å². The summed E-state index contributed by atoms with van der Waals surface area (Å²) in [6, 6.07) is 8.05. The van der Waals surface area contributed by atoms with Gasteiger partial charge in [0.05, 0.1) is 38.7 Å². The van der Waals surface area contributed by atoms with E-state index in [0.29, 0.717) is 24.7 Å². The van der Waals surface area contributed by atoms with Crippen molar-refractivity contribution in [3.8, 4) is 17.4 Å². The van der Waals surface area contributed by atoms with Crippen molar-refractivity contribution in [1.29, 1.82) is 0 Å². The first-order valence-corrected chi connectivity index (χ1v) is 9.76. The number of pyridine rings is 1. The topological polar surface area (TPSA) is 73.2 Å². The predicted molar refractivity (Wildman–Crippen MR) is 107 cm³/mol. The summed E-state index contributed by atoms with van der Waals surface area (Å²) in [5.74, 6) is 2.17. The maximum atomic E-state index is 10.3. The van der Waals surface area contributed by atoms with Gasteiger partial charge in [0.2, 0.25) is 5.88 Å². The molecule has 3 atom stereocenters. The number of ether oxygens (including phenoxy) is 3. The molecule has 0 bridgehead atoms. The van der Waals surface area contributed by atoms with Crippen LogP contribution in [0, 0.1) is 0 Å². The lowest BCUT2D eigenvalue weighted by Gasteiger charge is -2.37. The van der Waals surface area contributed by atoms with Gasteiger partial charge in [-0.25, -0.2) is 4.98 Å². The van der Waals surface area contributed by atoms with Gasteiger partial charge in [-0.3, -0.25) is 4.99 Å². The Labute approximate surface area is 165 Å². The Balaban J connectivity index is 1.85. The number of methoxy groups -OCH3 is 2. The number of fused-ring (bicyclic) bond motifs is 3. The number of benzene rings is 1. The molecule has 1 aromatic heterocycles. The molecule has 6 nitrogen and oxygen atoms in total. The van der Waals surface area contributed by atoms with Crippen molar-refractivity contribution in [1.82, 2.24) is 4.98 Å². The molecule has 1 N–H and O–H groups in total. The third-order valence-electron chi connectivity index (χ3n) is 5.59. The summed E-state index contributed by atoms with van der Waals surface area (Å²) in [7, 11) is 3.25. The van der Waals surface area contributed by atoms with Crippen LogP contribution >= 0.6 is 0 Å². The third-order valence-corrected chi connectivity index (χ3v) is 5.59. The Kier molecular flexibility index (Phi) is 5.22. The van der Waals surface area contributed by atoms with Gasteiger partial charge < -0.3 is 19.3 Å². The second kappa shape index (κ2) is 7.80. The first-order chi connectivity index (χ1) is 13.6. The molecular weight excluding hydrogens is 356 g/mol. The minimum atomic E-state index is -0.286. The van der Waals surface area contributed by atoms with E-state index in [2.05, 4.69) is 11.1 Å². The van der Waals surface area contributed by atoms with Crippen molar-refractivity contribution in [2.75, 3.05) is 20.8 Å². The van der Waals surface area contributed by atoms with E-state index in [-0.39, 0.29) is 18.1 Å². The largest absolute Gasteiger partial charge is 0.493 e. The molecule has 1 aromatic carbocycles. The fourth-order valence-corrected chi connectivity index (χ4v) is 4.24. The van der Waals surface area contributed by atoms with Crippen LogP contribution in [0.2, 0.25) is 0 Å². The number of hydrogen-bond donors (Lipinski definition) is 1. The predicted octanol–water partition coefficient (Wildman–Crippen LogP) is 3.35. The highest BCUT2D eigenvalue weighted by molar-refractivity contribution is 6.14. The lowest BCUT2D eigenvalue weighted by molar-refractivity contribution is 0.111. The summed E-state index contributed by atoms with van der Waals surface area (Å²) in [5, 5.41) is 10.3. The standard InChI is InChI=1S/C22H26N2O4/c1-4-28-20-10-15-16-9-14(25)6-7-18(16)24-22(17(15)11-19(20)26-2)13-5-8-21(27-3)23-12-13/h5,8,10-12,14,16,18,25H,4,6-7,9H2,1-3H3/t14-,16-,18-/m1/s1. The Morgan fingerprint density at radius 2 is 1.96 bits per heavy atom. The van der Waals surface area contributed by atoms with Crippen LogP contribution in [0.15, 0.2) is 35.5 Å². The molecule has 1 fully saturated rings. The van der Waals surface area contributed by atoms with Crippen LogP contribution in [0.5, 0.6) is 17.4 Å². The highest BCUT2D eigenvalue weighted by Gasteiger charge is 2.37. The number of rotatable bonds is 5. The van der Waals surface area contributed by atoms with Gasteiger partial charge in [-0.2, -0.15) is 0 Å². The fourth-order valence-electron chi connectivity index (χ4n) is 4.24. The third kappa shape index (κ3) is 3.33. The minimum Gasteiger partial charge on any atom is -0.493 e. The molecule has 28 heavy (non-hydrogen) atoms. The van der Waals surface area contributed by atoms with Crippen LogP contribution in [0.1, 0.15) is 48.8 Å². The van der Waals surface area contributed by atoms with Crippen LogP contribution in [-0.4, -0.2) is 48.8 Å². The van der Waals surface area contributed by atoms with Crippen LogP contribution in [0.25, 0.3) is 0 Å². The maximum Gasteiger partial charge on any atom is 0.212 e. The van der Waals surface area contributed by atoms with Gasteiger partial charge in [0.25, 0.3) is 0 Å². The van der Waals surface area contributed by atoms with Gasteiger partial charge in [-0.15, -0.1) is 0 Å². The number of aliphatic imine (C=N–C) groups is 1. The molecule has 0 unspecified atom stereocenters. The summed E-state index contributed by atoms with van der Waals surface area (Å²) in [6.07, 6.45) is 3.87. The van der Waals surface area contributed by atoms with Crippen LogP contribution < -0.4 is 14.2 Å². The molecule has 1 aliphatic heterocycles. The molecule has 2 aliphatic rings. The van der Waals surface area contributed by atoms with Crippen molar-refractivity contribution in [3.05, 3.63) is 47.2 Å². The molecule has 0 spiro atoms. The van der Waals surface area contributed by atoms with Crippen LogP contribution in [0.4, 0.5) is 0 Å². The van der Waals surface area contributed by atoms with E-state index < -0.39 is 0 Å². The van der Waals surface area contributed by atoms with E-state index in [9.17, 15) is 5.11 Å². The first-order valence-electron chi connectivity index (χ1n) is 9.76. The quantitative estimate of drug-likeness (QED) is 0.859. The highest BCUT2D eigenvalue weighted by atomic mass is 16.5. The zero-order chi connectivity index (χ0) is 19.7. The summed E-state index contributed by atoms with van der Waals surface area (Å²) >= 11 is 0. The summed E-state index contributed by atoms with van der Waals surface area (Å²) in [6.45, 7) is 2.52. The van der Waals surface area contributed by atoms with Gasteiger partial charge in [0.1, 0.15) is 0 Å². The van der Waals surface area contributed by atoms with Gasteiger partial charge in [0, 0.05) is 29.3 Å². The van der Waals surface area contributed by atoms with E-state index in [4.69, 9.17) is 19.2 Å². The Bertz CT molecular complexity index is 879. The second-order valence-corrected chi connectivity index (χ2v) is 7.23. The highest BCUT2D eigenvalue weighted by Crippen LogP contribution is 2.44. The normalized spacial score (nSPS) is 23.3. The lowest BCUT2D eigenvalue weighted by Crippen LogP contribution is -2.34. The first kappa shape index (κ1) is 18.7. The Morgan fingerprint density at radius 1 is 1.11 bits per heavy atom. The molecule has 6 heteroatoms. The number of nitrogens with zero attached hydrogens (tertiary/aromatic N) is 2. The molecule has 1 aliphatic carbocycles. The van der Waals surface area contributed by atoms with Crippen LogP contribution in [0.3, 0.4) is 0 Å². The summed E-state index contributed by atoms with van der Waals surface area (Å²) < 4.78 is 16.6. The molecule has 2 aromatic rings. The summed E-state index contributed by atoms with van der Waals surface area (Å²) in [5.41, 5.74) is 4.03. The van der Waals surface area contributed by atoms with Crippen molar-refractivity contribution in [2.24, 2.45) is 4.99 Å². The zero-order valence-electron chi connectivity index (χ0n) is 16.5. The van der Waals surface area contributed by atoms with Crippen molar-refractivity contribution in [3.63, 3.8) is 0 Å². The smallest absolute Gasteiger partial charge is 0.212 e. The Morgan fingerprint density at radius 3 is 2.64 bits per heavy atom. The summed E-state index contributed by atoms with van der Waals surface area (Å²) in [4.78, 5) is 9.44. The average molecular weight is 382 g/mol. The van der Waals surface area contributed by atoms with Crippen molar-refractivity contribution < 1.29 is 19.3 Å². The van der Waals surface area contributed by atoms with E-state index in [0.717, 1.165) is 41.0 Å². The molecule has 0 saturated heterocycles. The number of aliphatic hydroxyl groups excluding tert-OH is 1. The van der Waals surface area contributed by atoms with E-state index in [1.54, 1.807) is 20.4 Å². The van der Waals surface area contributed by atoms with Crippen molar-refractivity contribution >= 4 is 5.71 Å². The minimum absolute atomic E-state index is 0.149. The number of hydrogen-bond acceptors (Lipinski definition) is 6. The number of aliphatic hydroxyl groups is 1. The van der Waals surface area contributed by atoms with Crippen molar-refractivity contribution in [2.45, 2.75) is 44.2 Å². The van der Waals surface area contributed by atoms with E-state index in [1.807, 2.05) is 25.1 Å². The number of aromatic nitrogens is 1. The SMILES string of the molecule is CCOc1cc2c(cc1OC)C(c1ccc(OC)nc1)=N[C@@H]1CC[C@@H](O)C[C@H]21. The molecule has 0 amide bonds. The fraction of sp³-hybridized carbons (Fsp3) is 0.455. The average Bonchev–Trinajstić information content (AvgIpc) is 2.73. The lowest BCUT2D eigenvalue weighted by atomic mass is 9.74. The van der Waals surface area contributed by atoms with Gasteiger partial charge in [-0.1, -0.05) is 0 Å². The molecule has 0 radical (unpaired) electrons.